The van der Waals surface area contributed by atoms with Crippen molar-refractivity contribution in [1.29, 1.82) is 0 Å². The summed E-state index contributed by atoms with van der Waals surface area (Å²) in [5.41, 5.74) is 0.308. The lowest BCUT2D eigenvalue weighted by atomic mass is 10.2. The first-order chi connectivity index (χ1) is 6.66. The Balaban J connectivity index is 2.55. The Morgan fingerprint density at radius 2 is 2.21 bits per heavy atom. The number of hydrogen-bond donors (Lipinski definition) is 1. The molecule has 14 heavy (non-hydrogen) atoms. The molecule has 0 saturated carbocycles. The van der Waals surface area contributed by atoms with Gasteiger partial charge in [-0.1, -0.05) is 11.6 Å². The molecule has 1 N–H and O–H groups in total. The molecule has 0 atom stereocenters. The lowest BCUT2D eigenvalue weighted by Gasteiger charge is -1.98. The van der Waals surface area contributed by atoms with Crippen LogP contribution in [0.2, 0.25) is 5.02 Å². The van der Waals surface area contributed by atoms with Crippen LogP contribution < -0.4 is 0 Å². The largest absolute Gasteiger partial charge is 0.493 e. The minimum atomic E-state index is -0.399. The first-order valence-corrected chi connectivity index (χ1v) is 5.02. The molecule has 0 fully saturated rings. The topological polar surface area (TPSA) is 33.1 Å². The minimum Gasteiger partial charge on any atom is -0.493 e. The average molecular weight is 230 g/mol. The van der Waals surface area contributed by atoms with Gasteiger partial charge in [-0.3, -0.25) is 0 Å². The lowest BCUT2D eigenvalue weighted by Crippen LogP contribution is -1.82. The number of thiazole rings is 1. The van der Waals surface area contributed by atoms with Gasteiger partial charge in [0.05, 0.1) is 5.38 Å². The molecule has 0 unspecified atom stereocenters. The molecule has 5 heteroatoms. The third-order valence-electron chi connectivity index (χ3n) is 1.65. The van der Waals surface area contributed by atoms with E-state index >= 15 is 0 Å². The van der Waals surface area contributed by atoms with Gasteiger partial charge in [0.25, 0.3) is 0 Å². The fraction of sp³-hybridized carbons (Fsp3) is 0. The molecule has 0 amide bonds. The van der Waals surface area contributed by atoms with E-state index in [1.54, 1.807) is 0 Å². The highest BCUT2D eigenvalue weighted by Gasteiger charge is 2.09. The molecule has 1 aromatic heterocycles. The van der Waals surface area contributed by atoms with Crippen molar-refractivity contribution in [2.75, 3.05) is 0 Å². The van der Waals surface area contributed by atoms with E-state index in [0.717, 1.165) is 0 Å². The summed E-state index contributed by atoms with van der Waals surface area (Å²) in [6.45, 7) is 0. The standard InChI is InChI=1S/C9H5ClFNOS/c10-5-1-2-7(11)6(3-5)9-12-8(13)4-14-9/h1-4,13H. The zero-order chi connectivity index (χ0) is 10.1. The summed E-state index contributed by atoms with van der Waals surface area (Å²) in [5, 5.41) is 11.3. The molecular formula is C9H5ClFNOS. The van der Waals surface area contributed by atoms with Crippen molar-refractivity contribution in [3.8, 4) is 16.5 Å². The van der Waals surface area contributed by atoms with Crippen molar-refractivity contribution in [1.82, 2.24) is 4.98 Å². The molecule has 2 aromatic rings. The van der Waals surface area contributed by atoms with Crippen molar-refractivity contribution in [3.63, 3.8) is 0 Å². The number of nitrogens with zero attached hydrogens (tertiary/aromatic N) is 1. The number of halogens is 2. The number of rotatable bonds is 1. The smallest absolute Gasteiger partial charge is 0.222 e. The zero-order valence-corrected chi connectivity index (χ0v) is 8.44. The second-order valence-electron chi connectivity index (χ2n) is 2.64. The second kappa shape index (κ2) is 3.55. The molecule has 0 bridgehead atoms. The Morgan fingerprint density at radius 3 is 2.86 bits per heavy atom. The molecule has 2 nitrogen and oxygen atoms in total. The monoisotopic (exact) mass is 229 g/mol. The van der Waals surface area contributed by atoms with Crippen molar-refractivity contribution in [2.45, 2.75) is 0 Å². The zero-order valence-electron chi connectivity index (χ0n) is 6.87. The number of hydrogen-bond acceptors (Lipinski definition) is 3. The van der Waals surface area contributed by atoms with Gasteiger partial charge >= 0.3 is 0 Å². The Hall–Kier alpha value is -1.13. The Bertz CT molecular complexity index is 472. The van der Waals surface area contributed by atoms with E-state index in [4.69, 9.17) is 16.7 Å². The van der Waals surface area contributed by atoms with E-state index in [-0.39, 0.29) is 5.88 Å². The van der Waals surface area contributed by atoms with Crippen LogP contribution in [0.4, 0.5) is 4.39 Å². The van der Waals surface area contributed by atoms with Crippen LogP contribution in [0.5, 0.6) is 5.88 Å². The summed E-state index contributed by atoms with van der Waals surface area (Å²) >= 11 is 6.89. The summed E-state index contributed by atoms with van der Waals surface area (Å²) < 4.78 is 13.3. The van der Waals surface area contributed by atoms with E-state index in [2.05, 4.69) is 4.98 Å². The predicted molar refractivity (Wildman–Crippen MR) is 54.2 cm³/mol. The summed E-state index contributed by atoms with van der Waals surface area (Å²) in [6.07, 6.45) is 0. The van der Waals surface area contributed by atoms with Crippen LogP contribution in [-0.4, -0.2) is 10.1 Å². The van der Waals surface area contributed by atoms with E-state index in [9.17, 15) is 4.39 Å². The molecular weight excluding hydrogens is 225 g/mol. The summed E-state index contributed by atoms with van der Waals surface area (Å²) in [7, 11) is 0. The van der Waals surface area contributed by atoms with E-state index in [1.807, 2.05) is 0 Å². The maximum absolute atomic E-state index is 13.3. The van der Waals surface area contributed by atoms with Crippen molar-refractivity contribution < 1.29 is 9.50 Å². The van der Waals surface area contributed by atoms with Crippen molar-refractivity contribution in [3.05, 3.63) is 34.4 Å². The van der Waals surface area contributed by atoms with Crippen LogP contribution in [0.15, 0.2) is 23.6 Å². The van der Waals surface area contributed by atoms with Crippen LogP contribution in [0, 0.1) is 5.82 Å². The summed E-state index contributed by atoms with van der Waals surface area (Å²) in [4.78, 5) is 3.76. The molecule has 0 aliphatic heterocycles. The predicted octanol–water partition coefficient (Wildman–Crippen LogP) is 3.31. The van der Waals surface area contributed by atoms with Gasteiger partial charge in [-0.25, -0.2) is 9.37 Å². The maximum atomic E-state index is 13.3. The first-order valence-electron chi connectivity index (χ1n) is 3.77. The number of aromatic hydroxyl groups is 1. The van der Waals surface area contributed by atoms with E-state index in [1.165, 1.54) is 34.9 Å². The number of benzene rings is 1. The van der Waals surface area contributed by atoms with Gasteiger partial charge in [0.2, 0.25) is 5.88 Å². The van der Waals surface area contributed by atoms with Crippen LogP contribution in [0.1, 0.15) is 0 Å². The fourth-order valence-electron chi connectivity index (χ4n) is 1.05. The molecule has 1 heterocycles. The molecule has 0 saturated heterocycles. The van der Waals surface area contributed by atoms with Crippen molar-refractivity contribution >= 4 is 22.9 Å². The van der Waals surface area contributed by atoms with Crippen LogP contribution in [0.25, 0.3) is 10.6 Å². The molecule has 2 rings (SSSR count). The molecule has 0 aliphatic rings. The van der Waals surface area contributed by atoms with Crippen LogP contribution in [0.3, 0.4) is 0 Å². The second-order valence-corrected chi connectivity index (χ2v) is 3.93. The highest BCUT2D eigenvalue weighted by atomic mass is 35.5. The summed E-state index contributed by atoms with van der Waals surface area (Å²) in [5.74, 6) is -0.506. The van der Waals surface area contributed by atoms with E-state index < -0.39 is 5.82 Å². The van der Waals surface area contributed by atoms with Gasteiger partial charge in [-0.15, -0.1) is 11.3 Å². The molecule has 0 spiro atoms. The highest BCUT2D eigenvalue weighted by Crippen LogP contribution is 2.30. The molecule has 0 aliphatic carbocycles. The van der Waals surface area contributed by atoms with Gasteiger partial charge in [-0.05, 0) is 18.2 Å². The third-order valence-corrected chi connectivity index (χ3v) is 2.75. The third kappa shape index (κ3) is 1.71. The maximum Gasteiger partial charge on any atom is 0.222 e. The van der Waals surface area contributed by atoms with Crippen LogP contribution in [-0.2, 0) is 0 Å². The van der Waals surface area contributed by atoms with Crippen LogP contribution >= 0.6 is 22.9 Å². The summed E-state index contributed by atoms with van der Waals surface area (Å²) in [6, 6.07) is 4.22. The Morgan fingerprint density at radius 1 is 1.43 bits per heavy atom. The number of aromatic nitrogens is 1. The van der Waals surface area contributed by atoms with Gasteiger partial charge in [0.1, 0.15) is 10.8 Å². The quantitative estimate of drug-likeness (QED) is 0.814. The molecule has 0 radical (unpaired) electrons. The van der Waals surface area contributed by atoms with E-state index in [0.29, 0.717) is 15.6 Å². The highest BCUT2D eigenvalue weighted by molar-refractivity contribution is 7.13. The SMILES string of the molecule is Oc1csc(-c2cc(Cl)ccc2F)n1. The fourth-order valence-corrected chi connectivity index (χ4v) is 1.92. The van der Waals surface area contributed by atoms with Gasteiger partial charge < -0.3 is 5.11 Å². The minimum absolute atomic E-state index is 0.107. The first kappa shape index (κ1) is 9.43. The average Bonchev–Trinajstić information content (AvgIpc) is 2.56. The molecule has 1 aromatic carbocycles. The van der Waals surface area contributed by atoms with Gasteiger partial charge in [-0.2, -0.15) is 0 Å². The molecule has 72 valence electrons. The lowest BCUT2D eigenvalue weighted by molar-refractivity contribution is 0.458. The Labute approximate surface area is 88.6 Å². The van der Waals surface area contributed by atoms with Crippen molar-refractivity contribution in [2.24, 2.45) is 0 Å². The van der Waals surface area contributed by atoms with Gasteiger partial charge in [0.15, 0.2) is 0 Å². The normalized spacial score (nSPS) is 10.4. The van der Waals surface area contributed by atoms with Gasteiger partial charge in [0, 0.05) is 10.6 Å². The Kier molecular flexibility index (Phi) is 2.39.